The number of hydrogen-bond acceptors (Lipinski definition) is 5. The molecular formula is C25H25ClF3N3O4. The number of ether oxygens (including phenoxy) is 1. The third-order valence-electron chi connectivity index (χ3n) is 6.28. The topological polar surface area (TPSA) is 114 Å². The monoisotopic (exact) mass is 523 g/mol. The van der Waals surface area contributed by atoms with Crippen LogP contribution in [0.25, 0.3) is 22.0 Å². The quantitative estimate of drug-likeness (QED) is 0.439. The number of pyridine rings is 1. The zero-order valence-electron chi connectivity index (χ0n) is 19.4. The van der Waals surface area contributed by atoms with E-state index in [1.807, 2.05) is 0 Å². The van der Waals surface area contributed by atoms with E-state index in [9.17, 15) is 27.6 Å². The molecule has 1 saturated heterocycles. The third kappa shape index (κ3) is 5.24. The van der Waals surface area contributed by atoms with Crippen molar-refractivity contribution in [3.8, 4) is 11.3 Å². The van der Waals surface area contributed by atoms with Gasteiger partial charge in [0.1, 0.15) is 5.60 Å². The number of nitrogens with two attached hydrogens (primary N) is 1. The minimum atomic E-state index is -4.58. The second-order valence-corrected chi connectivity index (χ2v) is 9.03. The van der Waals surface area contributed by atoms with Crippen LogP contribution in [-0.2, 0) is 20.5 Å². The van der Waals surface area contributed by atoms with Gasteiger partial charge in [-0.15, -0.1) is 12.4 Å². The van der Waals surface area contributed by atoms with Gasteiger partial charge in [-0.2, -0.15) is 13.2 Å². The summed E-state index contributed by atoms with van der Waals surface area (Å²) in [7, 11) is 0. The summed E-state index contributed by atoms with van der Waals surface area (Å²) >= 11 is 0. The average Bonchev–Trinajstić information content (AvgIpc) is 3.20. The van der Waals surface area contributed by atoms with E-state index in [0.29, 0.717) is 17.4 Å². The number of amides is 1. The van der Waals surface area contributed by atoms with Crippen molar-refractivity contribution in [3.63, 3.8) is 0 Å². The highest BCUT2D eigenvalue weighted by atomic mass is 35.5. The van der Waals surface area contributed by atoms with Crippen LogP contribution in [0.5, 0.6) is 0 Å². The molecule has 1 unspecified atom stereocenters. The maximum Gasteiger partial charge on any atom is 0.417 e. The summed E-state index contributed by atoms with van der Waals surface area (Å²) < 4.78 is 45.7. The fourth-order valence-corrected chi connectivity index (χ4v) is 4.43. The number of benzene rings is 2. The van der Waals surface area contributed by atoms with Crippen molar-refractivity contribution >= 4 is 35.1 Å². The lowest BCUT2D eigenvalue weighted by molar-refractivity contribution is -0.157. The lowest BCUT2D eigenvalue weighted by Crippen LogP contribution is -2.48. The molecule has 1 aromatic heterocycles. The largest absolute Gasteiger partial charge is 0.457 e. The van der Waals surface area contributed by atoms with Gasteiger partial charge in [-0.25, -0.2) is 0 Å². The molecule has 0 spiro atoms. The van der Waals surface area contributed by atoms with Crippen molar-refractivity contribution < 1.29 is 27.5 Å². The molecule has 0 bridgehead atoms. The lowest BCUT2D eigenvalue weighted by atomic mass is 9.89. The zero-order chi connectivity index (χ0) is 25.5. The molecule has 36 heavy (non-hydrogen) atoms. The summed E-state index contributed by atoms with van der Waals surface area (Å²) in [6, 6.07) is 10.9. The van der Waals surface area contributed by atoms with Crippen LogP contribution in [-0.4, -0.2) is 35.0 Å². The Morgan fingerprint density at radius 1 is 1.11 bits per heavy atom. The van der Waals surface area contributed by atoms with Gasteiger partial charge in [-0.1, -0.05) is 30.3 Å². The van der Waals surface area contributed by atoms with Gasteiger partial charge in [0.05, 0.1) is 24.1 Å². The van der Waals surface area contributed by atoms with Crippen LogP contribution in [0.4, 0.5) is 13.2 Å². The summed E-state index contributed by atoms with van der Waals surface area (Å²) in [4.78, 5) is 39.8. The predicted molar refractivity (Wildman–Crippen MR) is 131 cm³/mol. The number of fused-ring (bicyclic) bond motifs is 1. The Labute approximate surface area is 210 Å². The van der Waals surface area contributed by atoms with E-state index in [4.69, 9.17) is 10.5 Å². The van der Waals surface area contributed by atoms with Gasteiger partial charge in [0.25, 0.3) is 5.56 Å². The Morgan fingerprint density at radius 3 is 2.47 bits per heavy atom. The van der Waals surface area contributed by atoms with Gasteiger partial charge >= 0.3 is 12.1 Å². The van der Waals surface area contributed by atoms with Gasteiger partial charge in [0.2, 0.25) is 5.91 Å². The maximum absolute atomic E-state index is 13.5. The Hall–Kier alpha value is -3.37. The smallest absolute Gasteiger partial charge is 0.417 e. The van der Waals surface area contributed by atoms with E-state index in [2.05, 4.69) is 10.3 Å². The van der Waals surface area contributed by atoms with Crippen LogP contribution >= 0.6 is 12.4 Å². The molecule has 192 valence electrons. The van der Waals surface area contributed by atoms with E-state index in [1.54, 1.807) is 32.0 Å². The Morgan fingerprint density at radius 2 is 1.81 bits per heavy atom. The van der Waals surface area contributed by atoms with Gasteiger partial charge in [0, 0.05) is 16.6 Å². The second kappa shape index (κ2) is 9.94. The Bertz CT molecular complexity index is 1370. The van der Waals surface area contributed by atoms with Crippen LogP contribution in [0, 0.1) is 0 Å². The number of rotatable bonds is 5. The Kier molecular flexibility index (Phi) is 7.52. The number of aromatic amines is 1. The number of alkyl halides is 3. The van der Waals surface area contributed by atoms with Gasteiger partial charge in [-0.3, -0.25) is 14.4 Å². The molecule has 4 rings (SSSR count). The molecule has 1 fully saturated rings. The fraction of sp³-hybridized carbons (Fsp3) is 0.320. The van der Waals surface area contributed by atoms with Crippen LogP contribution in [0.3, 0.4) is 0 Å². The fourth-order valence-electron chi connectivity index (χ4n) is 4.43. The number of carbonyl (C=O) groups is 2. The second-order valence-electron chi connectivity index (χ2n) is 9.03. The van der Waals surface area contributed by atoms with Gasteiger partial charge in [-0.05, 0) is 49.4 Å². The molecule has 11 heteroatoms. The van der Waals surface area contributed by atoms with Gasteiger partial charge in [0.15, 0.2) is 0 Å². The molecule has 1 aliphatic heterocycles. The minimum absolute atomic E-state index is 0. The number of halogens is 4. The molecule has 1 aliphatic rings. The first-order valence-electron chi connectivity index (χ1n) is 11.0. The van der Waals surface area contributed by atoms with Crippen molar-refractivity contribution in [2.75, 3.05) is 6.54 Å². The van der Waals surface area contributed by atoms with Crippen molar-refractivity contribution in [1.29, 1.82) is 0 Å². The molecule has 0 radical (unpaired) electrons. The van der Waals surface area contributed by atoms with E-state index < -0.39 is 40.8 Å². The summed E-state index contributed by atoms with van der Waals surface area (Å²) in [5.41, 5.74) is 3.41. The molecule has 4 N–H and O–H groups in total. The number of nitrogens with one attached hydrogen (secondary N) is 2. The van der Waals surface area contributed by atoms with Crippen molar-refractivity contribution in [2.45, 2.75) is 44.0 Å². The normalized spacial score (nSPS) is 18.0. The van der Waals surface area contributed by atoms with Crippen LogP contribution < -0.4 is 16.6 Å². The number of esters is 1. The minimum Gasteiger partial charge on any atom is -0.457 e. The SMILES string of the molecule is CC(C)(OC(=O)CN)C1C[C@@H](c2ccc3cc(-c4ccccc4C(F)(F)F)[nH]c(=O)c3c2)C(=O)N1.Cl. The molecular weight excluding hydrogens is 499 g/mol. The lowest BCUT2D eigenvalue weighted by Gasteiger charge is -2.31. The zero-order valence-corrected chi connectivity index (χ0v) is 20.3. The molecule has 2 heterocycles. The highest BCUT2D eigenvalue weighted by Gasteiger charge is 2.43. The Balaban J connectivity index is 0.00000361. The first kappa shape index (κ1) is 27.2. The molecule has 0 saturated carbocycles. The van der Waals surface area contributed by atoms with E-state index >= 15 is 0 Å². The average molecular weight is 524 g/mol. The molecule has 0 aliphatic carbocycles. The number of H-pyrrole nitrogens is 1. The third-order valence-corrected chi connectivity index (χ3v) is 6.28. The summed E-state index contributed by atoms with van der Waals surface area (Å²) in [6.07, 6.45) is -4.25. The summed E-state index contributed by atoms with van der Waals surface area (Å²) in [6.45, 7) is 3.08. The molecule has 3 aromatic rings. The number of carbonyl (C=O) groups excluding carboxylic acids is 2. The van der Waals surface area contributed by atoms with Gasteiger partial charge < -0.3 is 20.8 Å². The van der Waals surface area contributed by atoms with Crippen molar-refractivity contribution in [2.24, 2.45) is 5.73 Å². The van der Waals surface area contributed by atoms with Crippen LogP contribution in [0.2, 0.25) is 0 Å². The van der Waals surface area contributed by atoms with E-state index in [0.717, 1.165) is 6.07 Å². The molecule has 1 amide bonds. The van der Waals surface area contributed by atoms with Crippen molar-refractivity contribution in [3.05, 3.63) is 70.0 Å². The first-order valence-corrected chi connectivity index (χ1v) is 11.0. The molecule has 7 nitrogen and oxygen atoms in total. The number of hydrogen-bond donors (Lipinski definition) is 3. The van der Waals surface area contributed by atoms with Crippen molar-refractivity contribution in [1.82, 2.24) is 10.3 Å². The highest BCUT2D eigenvalue weighted by molar-refractivity contribution is 5.90. The van der Waals surface area contributed by atoms with E-state index in [1.165, 1.54) is 24.3 Å². The predicted octanol–water partition coefficient (Wildman–Crippen LogP) is 3.89. The van der Waals surface area contributed by atoms with Crippen LogP contribution in [0.15, 0.2) is 53.3 Å². The first-order chi connectivity index (χ1) is 16.4. The summed E-state index contributed by atoms with van der Waals surface area (Å²) in [5.74, 6) is -1.46. The molecule has 2 aromatic carbocycles. The number of aromatic nitrogens is 1. The van der Waals surface area contributed by atoms with Crippen LogP contribution in [0.1, 0.15) is 37.3 Å². The maximum atomic E-state index is 13.5. The van der Waals surface area contributed by atoms with E-state index in [-0.39, 0.29) is 41.5 Å². The molecule has 2 atom stereocenters. The standard InChI is InChI=1S/C25H24F3N3O4.ClH/c1-24(2,35-21(32)12-29)20-11-17(23(34)31-20)13-7-8-14-10-19(30-22(33)16(14)9-13)15-5-3-4-6-18(15)25(26,27)28;/h3-10,17,20H,11-12,29H2,1-2H3,(H,30,33)(H,31,34);1H/t17-,20?;/m0./s1. The summed E-state index contributed by atoms with van der Waals surface area (Å²) in [5, 5.41) is 3.53. The highest BCUT2D eigenvalue weighted by Crippen LogP contribution is 2.37.